The molecule has 1 aromatic rings. The molecule has 0 aliphatic carbocycles. The summed E-state index contributed by atoms with van der Waals surface area (Å²) >= 11 is 1.20. The topological polar surface area (TPSA) is 30.5 Å². The number of ether oxygens (including phenoxy) is 2. The van der Waals surface area contributed by atoms with Crippen LogP contribution >= 0.6 is 11.8 Å². The molecule has 1 unspecified atom stereocenters. The van der Waals surface area contributed by atoms with Gasteiger partial charge in [-0.05, 0) is 30.5 Å². The van der Waals surface area contributed by atoms with Crippen molar-refractivity contribution < 1.29 is 18.3 Å². The smallest absolute Gasteiger partial charge is 0.140 e. The first-order valence-corrected chi connectivity index (χ1v) is 8.11. The molecule has 6 heteroatoms. The average molecular weight is 317 g/mol. The van der Waals surface area contributed by atoms with Gasteiger partial charge in [0, 0.05) is 32.6 Å². The zero-order valence-corrected chi connectivity index (χ0v) is 13.0. The van der Waals surface area contributed by atoms with Gasteiger partial charge in [-0.3, -0.25) is 0 Å². The molecule has 118 valence electrons. The number of rotatable bonds is 8. The Hall–Kier alpha value is -0.690. The molecule has 1 aliphatic rings. The summed E-state index contributed by atoms with van der Waals surface area (Å²) in [4.78, 5) is 0.0890. The third-order valence-electron chi connectivity index (χ3n) is 3.31. The van der Waals surface area contributed by atoms with Crippen molar-refractivity contribution in [2.75, 3.05) is 32.6 Å². The lowest BCUT2D eigenvalue weighted by atomic mass is 10.2. The molecular weight excluding hydrogens is 296 g/mol. The minimum atomic E-state index is -0.499. The molecule has 21 heavy (non-hydrogen) atoms. The SMILES string of the molecule is COCCNCc1cc(F)c(SCC2CCCO2)c(F)c1. The minimum Gasteiger partial charge on any atom is -0.383 e. The van der Waals surface area contributed by atoms with Gasteiger partial charge in [-0.25, -0.2) is 8.78 Å². The molecule has 0 saturated carbocycles. The largest absolute Gasteiger partial charge is 0.383 e. The van der Waals surface area contributed by atoms with Gasteiger partial charge >= 0.3 is 0 Å². The summed E-state index contributed by atoms with van der Waals surface area (Å²) < 4.78 is 38.4. The Morgan fingerprint density at radius 3 is 2.76 bits per heavy atom. The lowest BCUT2D eigenvalue weighted by Gasteiger charge is -2.11. The summed E-state index contributed by atoms with van der Waals surface area (Å²) in [5, 5.41) is 3.07. The molecule has 0 aromatic heterocycles. The minimum absolute atomic E-state index is 0.0890. The zero-order valence-electron chi connectivity index (χ0n) is 12.2. The molecule has 0 bridgehead atoms. The third-order valence-corrected chi connectivity index (χ3v) is 4.52. The summed E-state index contributed by atoms with van der Waals surface area (Å²) in [5.74, 6) is -0.401. The van der Waals surface area contributed by atoms with Gasteiger partial charge < -0.3 is 14.8 Å². The zero-order chi connectivity index (χ0) is 15.1. The maximum Gasteiger partial charge on any atom is 0.140 e. The molecule has 0 spiro atoms. The number of methoxy groups -OCH3 is 1. The number of nitrogens with one attached hydrogen (secondary N) is 1. The molecule has 1 fully saturated rings. The summed E-state index contributed by atoms with van der Waals surface area (Å²) in [7, 11) is 1.61. The van der Waals surface area contributed by atoms with E-state index in [0.717, 1.165) is 19.4 Å². The molecule has 3 nitrogen and oxygen atoms in total. The summed E-state index contributed by atoms with van der Waals surface area (Å²) in [6.07, 6.45) is 2.12. The van der Waals surface area contributed by atoms with Crippen molar-refractivity contribution >= 4 is 11.8 Å². The molecule has 1 saturated heterocycles. The van der Waals surface area contributed by atoms with Crippen LogP contribution in [0.15, 0.2) is 17.0 Å². The maximum absolute atomic E-state index is 14.0. The lowest BCUT2D eigenvalue weighted by Crippen LogP contribution is -2.18. The third kappa shape index (κ3) is 5.21. The maximum atomic E-state index is 14.0. The fraction of sp³-hybridized carbons (Fsp3) is 0.600. The van der Waals surface area contributed by atoms with Crippen LogP contribution in [0.2, 0.25) is 0 Å². The van der Waals surface area contributed by atoms with Gasteiger partial charge in [-0.1, -0.05) is 0 Å². The van der Waals surface area contributed by atoms with Crippen LogP contribution in [0.5, 0.6) is 0 Å². The van der Waals surface area contributed by atoms with Crippen LogP contribution in [0.4, 0.5) is 8.78 Å². The molecule has 1 N–H and O–H groups in total. The van der Waals surface area contributed by atoms with E-state index in [4.69, 9.17) is 9.47 Å². The summed E-state index contributed by atoms with van der Waals surface area (Å²) in [5.41, 5.74) is 0.600. The predicted molar refractivity (Wildman–Crippen MR) is 79.6 cm³/mol. The van der Waals surface area contributed by atoms with Crippen molar-refractivity contribution in [3.05, 3.63) is 29.3 Å². The number of thioether (sulfide) groups is 1. The van der Waals surface area contributed by atoms with Crippen molar-refractivity contribution in [2.45, 2.75) is 30.4 Å². The fourth-order valence-corrected chi connectivity index (χ4v) is 3.22. The second-order valence-corrected chi connectivity index (χ2v) is 6.03. The molecule has 2 rings (SSSR count). The first-order valence-electron chi connectivity index (χ1n) is 7.12. The van der Waals surface area contributed by atoms with E-state index in [9.17, 15) is 8.78 Å². The van der Waals surface area contributed by atoms with Crippen molar-refractivity contribution in [1.29, 1.82) is 0 Å². The quantitative estimate of drug-likeness (QED) is 0.590. The van der Waals surface area contributed by atoms with E-state index in [2.05, 4.69) is 5.32 Å². The van der Waals surface area contributed by atoms with E-state index in [-0.39, 0.29) is 11.0 Å². The Balaban J connectivity index is 1.89. The molecule has 0 radical (unpaired) electrons. The number of hydrogen-bond acceptors (Lipinski definition) is 4. The molecular formula is C15H21F2NO2S. The molecule has 1 atom stereocenters. The van der Waals surface area contributed by atoms with E-state index >= 15 is 0 Å². The Morgan fingerprint density at radius 1 is 1.38 bits per heavy atom. The van der Waals surface area contributed by atoms with Crippen molar-refractivity contribution in [1.82, 2.24) is 5.32 Å². The van der Waals surface area contributed by atoms with Crippen molar-refractivity contribution in [2.24, 2.45) is 0 Å². The second kappa shape index (κ2) is 8.68. The highest BCUT2D eigenvalue weighted by molar-refractivity contribution is 7.99. The molecule has 1 aliphatic heterocycles. The van der Waals surface area contributed by atoms with E-state index in [1.807, 2.05) is 0 Å². The number of halogens is 2. The highest BCUT2D eigenvalue weighted by atomic mass is 32.2. The Morgan fingerprint density at radius 2 is 2.14 bits per heavy atom. The first kappa shape index (κ1) is 16.7. The van der Waals surface area contributed by atoms with Crippen LogP contribution in [-0.2, 0) is 16.0 Å². The van der Waals surface area contributed by atoms with Gasteiger partial charge in [0.25, 0.3) is 0 Å². The van der Waals surface area contributed by atoms with Crippen LogP contribution in [0.3, 0.4) is 0 Å². The predicted octanol–water partition coefficient (Wildman–Crippen LogP) is 2.97. The first-order chi connectivity index (χ1) is 10.2. The highest BCUT2D eigenvalue weighted by Gasteiger charge is 2.18. The highest BCUT2D eigenvalue weighted by Crippen LogP contribution is 2.29. The van der Waals surface area contributed by atoms with Gasteiger partial charge in [0.1, 0.15) is 11.6 Å². The van der Waals surface area contributed by atoms with Gasteiger partial charge in [0.05, 0.1) is 17.6 Å². The summed E-state index contributed by atoms with van der Waals surface area (Å²) in [6.45, 7) is 2.39. The average Bonchev–Trinajstić information content (AvgIpc) is 2.96. The van der Waals surface area contributed by atoms with Gasteiger partial charge in [0.2, 0.25) is 0 Å². The molecule has 1 heterocycles. The lowest BCUT2D eigenvalue weighted by molar-refractivity contribution is 0.129. The Bertz CT molecular complexity index is 430. The number of hydrogen-bond donors (Lipinski definition) is 1. The Kier molecular flexibility index (Phi) is 6.89. The van der Waals surface area contributed by atoms with Gasteiger partial charge in [0.15, 0.2) is 0 Å². The van der Waals surface area contributed by atoms with Crippen LogP contribution in [-0.4, -0.2) is 38.7 Å². The Labute approximate surface area is 128 Å². The van der Waals surface area contributed by atoms with Gasteiger partial charge in [-0.2, -0.15) is 0 Å². The molecule has 0 amide bonds. The van der Waals surface area contributed by atoms with Crippen LogP contribution < -0.4 is 5.32 Å². The van der Waals surface area contributed by atoms with Crippen molar-refractivity contribution in [3.63, 3.8) is 0 Å². The van der Waals surface area contributed by atoms with E-state index in [0.29, 0.717) is 31.0 Å². The van der Waals surface area contributed by atoms with Crippen LogP contribution in [0.25, 0.3) is 0 Å². The van der Waals surface area contributed by atoms with Crippen LogP contribution in [0, 0.1) is 11.6 Å². The van der Waals surface area contributed by atoms with E-state index < -0.39 is 11.6 Å². The fourth-order valence-electron chi connectivity index (χ4n) is 2.21. The van der Waals surface area contributed by atoms with E-state index in [1.165, 1.54) is 23.9 Å². The van der Waals surface area contributed by atoms with Crippen molar-refractivity contribution in [3.8, 4) is 0 Å². The second-order valence-electron chi connectivity index (χ2n) is 5.00. The molecule has 1 aromatic carbocycles. The standard InChI is InChI=1S/C15H21F2NO2S/c1-19-6-4-18-9-11-7-13(16)15(14(17)8-11)21-10-12-3-2-5-20-12/h7-8,12,18H,2-6,9-10H2,1H3. The number of benzene rings is 1. The van der Waals surface area contributed by atoms with Crippen LogP contribution in [0.1, 0.15) is 18.4 Å². The van der Waals surface area contributed by atoms with E-state index in [1.54, 1.807) is 7.11 Å². The van der Waals surface area contributed by atoms with Gasteiger partial charge in [-0.15, -0.1) is 11.8 Å². The summed E-state index contributed by atoms with van der Waals surface area (Å²) in [6, 6.07) is 2.78. The normalized spacial score (nSPS) is 18.3. The monoisotopic (exact) mass is 317 g/mol.